The molecule has 2 aromatic rings. The predicted octanol–water partition coefficient (Wildman–Crippen LogP) is 11.3. The maximum atomic E-state index is 10.7. The van der Waals surface area contributed by atoms with E-state index in [0.29, 0.717) is 11.5 Å². The first-order valence-corrected chi connectivity index (χ1v) is 18.3. The van der Waals surface area contributed by atoms with Gasteiger partial charge in [-0.1, -0.05) is 129 Å². The Kier molecular flexibility index (Phi) is 17.9. The van der Waals surface area contributed by atoms with Crippen LogP contribution in [0.3, 0.4) is 0 Å². The van der Waals surface area contributed by atoms with Gasteiger partial charge in [0.1, 0.15) is 11.5 Å². The van der Waals surface area contributed by atoms with Gasteiger partial charge >= 0.3 is 0 Å². The minimum atomic E-state index is 0.0970. The zero-order chi connectivity index (χ0) is 31.2. The van der Waals surface area contributed by atoms with Crippen molar-refractivity contribution in [2.45, 2.75) is 167 Å². The zero-order valence-electron chi connectivity index (χ0n) is 28.1. The van der Waals surface area contributed by atoms with Crippen LogP contribution in [-0.4, -0.2) is 34.7 Å². The van der Waals surface area contributed by atoms with Crippen molar-refractivity contribution in [1.82, 2.24) is 0 Å². The Balaban J connectivity index is 1.44. The lowest BCUT2D eigenvalue weighted by Crippen LogP contribution is -2.27. The molecule has 0 aromatic heterocycles. The van der Waals surface area contributed by atoms with E-state index in [0.717, 1.165) is 49.7 Å². The molecule has 1 aliphatic carbocycles. The van der Waals surface area contributed by atoms with Gasteiger partial charge in [0.05, 0.1) is 12.1 Å². The van der Waals surface area contributed by atoms with Gasteiger partial charge in [-0.25, -0.2) is 0 Å². The highest BCUT2D eigenvalue weighted by Gasteiger charge is 2.23. The van der Waals surface area contributed by atoms with Gasteiger partial charge in [-0.05, 0) is 73.9 Å². The van der Waals surface area contributed by atoms with Gasteiger partial charge < -0.3 is 10.2 Å². The summed E-state index contributed by atoms with van der Waals surface area (Å²) in [7, 11) is 0. The fourth-order valence-corrected chi connectivity index (χ4v) is 6.43. The number of aryl methyl sites for hydroxylation is 2. The number of phenolic OH excluding ortho intramolecular Hbond substituents is 2. The van der Waals surface area contributed by atoms with Crippen LogP contribution >= 0.6 is 0 Å². The molecule has 0 radical (unpaired) electrons. The molecule has 2 atom stereocenters. The minimum absolute atomic E-state index is 0.0970. The SMILES string of the molecule is CCCCCCCCCCc1ccc(C=N[C@H]2CCCC[C@H]2N=Cc2ccc(CCCCCCCCCC)cc2O)c(O)c1. The molecule has 0 aliphatic heterocycles. The topological polar surface area (TPSA) is 65.2 Å². The monoisotopic (exact) mass is 602 g/mol. The van der Waals surface area contributed by atoms with Crippen LogP contribution in [0.2, 0.25) is 0 Å². The first kappa shape index (κ1) is 35.9. The van der Waals surface area contributed by atoms with E-state index in [9.17, 15) is 10.2 Å². The van der Waals surface area contributed by atoms with Gasteiger partial charge in [0.2, 0.25) is 0 Å². The molecule has 2 aromatic carbocycles. The van der Waals surface area contributed by atoms with Gasteiger partial charge in [0.15, 0.2) is 0 Å². The standard InChI is InChI=1S/C40H62N2O2/c1-3-5-7-9-11-13-15-17-21-33-25-27-35(39(43)29-33)31-41-37-23-19-20-24-38(37)42-32-36-28-26-34(30-40(36)44)22-18-16-14-12-10-8-6-4-2/h25-32,37-38,43-44H,3-24H2,1-2H3/t37-,38+. The average molecular weight is 603 g/mol. The Morgan fingerprint density at radius 1 is 0.545 bits per heavy atom. The number of phenols is 2. The van der Waals surface area contributed by atoms with Crippen molar-refractivity contribution in [1.29, 1.82) is 0 Å². The third-order valence-corrected chi connectivity index (χ3v) is 9.33. The third kappa shape index (κ3) is 14.0. The first-order chi connectivity index (χ1) is 21.6. The van der Waals surface area contributed by atoms with Crippen LogP contribution in [0.4, 0.5) is 0 Å². The number of nitrogens with zero attached hydrogens (tertiary/aromatic N) is 2. The lowest BCUT2D eigenvalue weighted by molar-refractivity contribution is 0.390. The molecule has 44 heavy (non-hydrogen) atoms. The molecule has 0 unspecified atom stereocenters. The van der Waals surface area contributed by atoms with E-state index in [1.165, 1.54) is 114 Å². The molecule has 2 N–H and O–H groups in total. The molecule has 0 spiro atoms. The highest BCUT2D eigenvalue weighted by atomic mass is 16.3. The fourth-order valence-electron chi connectivity index (χ4n) is 6.43. The van der Waals surface area contributed by atoms with Crippen LogP contribution in [0.1, 0.15) is 165 Å². The van der Waals surface area contributed by atoms with Gasteiger partial charge in [-0.2, -0.15) is 0 Å². The molecule has 1 aliphatic rings. The number of hydrogen-bond acceptors (Lipinski definition) is 4. The molecule has 4 nitrogen and oxygen atoms in total. The molecule has 0 heterocycles. The molecule has 1 saturated carbocycles. The summed E-state index contributed by atoms with van der Waals surface area (Å²) in [5.74, 6) is 0.636. The summed E-state index contributed by atoms with van der Waals surface area (Å²) in [6.45, 7) is 4.53. The normalized spacial score (nSPS) is 17.2. The Bertz CT molecular complexity index is 1020. The van der Waals surface area contributed by atoms with Crippen LogP contribution in [0.5, 0.6) is 11.5 Å². The van der Waals surface area contributed by atoms with Crippen LogP contribution in [0.15, 0.2) is 46.4 Å². The summed E-state index contributed by atoms with van der Waals surface area (Å²) in [6.07, 6.45) is 31.0. The number of rotatable bonds is 22. The molecule has 1 fully saturated rings. The largest absolute Gasteiger partial charge is 0.507 e. The van der Waals surface area contributed by atoms with E-state index in [2.05, 4.69) is 26.0 Å². The fraction of sp³-hybridized carbons (Fsp3) is 0.650. The maximum absolute atomic E-state index is 10.7. The summed E-state index contributed by atoms with van der Waals surface area (Å²) >= 11 is 0. The van der Waals surface area contributed by atoms with Gasteiger partial charge in [-0.3, -0.25) is 9.98 Å². The zero-order valence-corrected chi connectivity index (χ0v) is 28.1. The number of hydrogen-bond donors (Lipinski definition) is 2. The van der Waals surface area contributed by atoms with Crippen LogP contribution in [0, 0.1) is 0 Å². The first-order valence-electron chi connectivity index (χ1n) is 18.3. The average Bonchev–Trinajstić information content (AvgIpc) is 3.03. The van der Waals surface area contributed by atoms with Gasteiger partial charge in [-0.15, -0.1) is 0 Å². The van der Waals surface area contributed by atoms with E-state index in [4.69, 9.17) is 9.98 Å². The summed E-state index contributed by atoms with van der Waals surface area (Å²) < 4.78 is 0. The van der Waals surface area contributed by atoms with Crippen molar-refractivity contribution < 1.29 is 10.2 Å². The van der Waals surface area contributed by atoms with Crippen LogP contribution in [-0.2, 0) is 12.8 Å². The highest BCUT2D eigenvalue weighted by Crippen LogP contribution is 2.26. The minimum Gasteiger partial charge on any atom is -0.507 e. The molecular formula is C40H62N2O2. The molecule has 0 amide bonds. The number of benzene rings is 2. The lowest BCUT2D eigenvalue weighted by atomic mass is 9.91. The molecular weight excluding hydrogens is 540 g/mol. The number of aliphatic imine (C=N–C) groups is 2. The Morgan fingerprint density at radius 2 is 0.909 bits per heavy atom. The second kappa shape index (κ2) is 22.0. The van der Waals surface area contributed by atoms with E-state index >= 15 is 0 Å². The van der Waals surface area contributed by atoms with Crippen molar-refractivity contribution in [3.8, 4) is 11.5 Å². The predicted molar refractivity (Wildman–Crippen MR) is 190 cm³/mol. The number of unbranched alkanes of at least 4 members (excludes halogenated alkanes) is 14. The van der Waals surface area contributed by atoms with Gasteiger partial charge in [0, 0.05) is 23.6 Å². The quantitative estimate of drug-likeness (QED) is 0.104. The summed E-state index contributed by atoms with van der Waals surface area (Å²) in [6, 6.07) is 12.3. The molecule has 3 rings (SSSR count). The van der Waals surface area contributed by atoms with E-state index in [1.807, 2.05) is 36.7 Å². The third-order valence-electron chi connectivity index (χ3n) is 9.33. The lowest BCUT2D eigenvalue weighted by Gasteiger charge is -2.25. The summed E-state index contributed by atoms with van der Waals surface area (Å²) in [5, 5.41) is 21.4. The van der Waals surface area contributed by atoms with Crippen LogP contribution in [0.25, 0.3) is 0 Å². The summed E-state index contributed by atoms with van der Waals surface area (Å²) in [5.41, 5.74) is 3.97. The van der Waals surface area contributed by atoms with Crippen molar-refractivity contribution >= 4 is 12.4 Å². The second-order valence-corrected chi connectivity index (χ2v) is 13.2. The van der Waals surface area contributed by atoms with Crippen molar-refractivity contribution in [2.75, 3.05) is 0 Å². The Morgan fingerprint density at radius 3 is 1.27 bits per heavy atom. The van der Waals surface area contributed by atoms with E-state index < -0.39 is 0 Å². The highest BCUT2D eigenvalue weighted by molar-refractivity contribution is 5.84. The van der Waals surface area contributed by atoms with Crippen molar-refractivity contribution in [3.05, 3.63) is 58.7 Å². The smallest absolute Gasteiger partial charge is 0.124 e. The van der Waals surface area contributed by atoms with Gasteiger partial charge in [0.25, 0.3) is 0 Å². The van der Waals surface area contributed by atoms with Crippen molar-refractivity contribution in [3.63, 3.8) is 0 Å². The maximum Gasteiger partial charge on any atom is 0.124 e. The Labute approximate surface area is 269 Å². The van der Waals surface area contributed by atoms with Crippen LogP contribution < -0.4 is 0 Å². The molecule has 244 valence electrons. The Hall–Kier alpha value is -2.62. The second-order valence-electron chi connectivity index (χ2n) is 13.2. The molecule has 0 saturated heterocycles. The van der Waals surface area contributed by atoms with Crippen molar-refractivity contribution in [2.24, 2.45) is 9.98 Å². The number of aromatic hydroxyl groups is 2. The summed E-state index contributed by atoms with van der Waals surface area (Å²) in [4.78, 5) is 9.80. The van der Waals surface area contributed by atoms with E-state index in [1.54, 1.807) is 0 Å². The van der Waals surface area contributed by atoms with E-state index in [-0.39, 0.29) is 12.1 Å². The molecule has 0 bridgehead atoms. The molecule has 4 heteroatoms.